The number of hydrogen-bond acceptors (Lipinski definition) is 3. The van der Waals surface area contributed by atoms with Crippen LogP contribution in [-0.2, 0) is 4.74 Å². The average molecular weight is 265 g/mol. The number of carbonyl (C=O) groups excluding carboxylic acids is 1. The molecule has 0 spiro atoms. The molecule has 5 heteroatoms. The molecule has 0 fully saturated rings. The minimum atomic E-state index is -0.582. The van der Waals surface area contributed by atoms with Crippen LogP contribution in [0.15, 0.2) is 21.5 Å². The van der Waals surface area contributed by atoms with E-state index in [-0.39, 0.29) is 10.0 Å². The summed E-state index contributed by atoms with van der Waals surface area (Å²) >= 11 is 6.96. The van der Waals surface area contributed by atoms with Crippen LogP contribution in [-0.4, -0.2) is 13.1 Å². The zero-order valence-electron chi connectivity index (χ0n) is 6.67. The Labute approximate surface area is 88.6 Å². The molecular weight excluding hydrogens is 259 g/mol. The Morgan fingerprint density at radius 3 is 2.69 bits per heavy atom. The highest BCUT2D eigenvalue weighted by molar-refractivity contribution is 9.10. The lowest BCUT2D eigenvalue weighted by molar-refractivity contribution is 0.0600. The van der Waals surface area contributed by atoms with Crippen molar-refractivity contribution in [3.05, 3.63) is 28.0 Å². The largest absolute Gasteiger partial charge is 0.465 e. The van der Waals surface area contributed by atoms with Gasteiger partial charge in [-0.2, -0.15) is 0 Å². The van der Waals surface area contributed by atoms with Gasteiger partial charge in [-0.1, -0.05) is 0 Å². The fraction of sp³-hybridized carbons (Fsp3) is 0.125. The summed E-state index contributed by atoms with van der Waals surface area (Å²) in [6, 6.07) is 2.53. The number of halogens is 2. The van der Waals surface area contributed by atoms with Crippen LogP contribution in [0.2, 0.25) is 0 Å². The monoisotopic (exact) mass is 264 g/mol. The fourth-order valence-electron chi connectivity index (χ4n) is 0.810. The van der Waals surface area contributed by atoms with E-state index in [2.05, 4.69) is 33.3 Å². The normalized spacial score (nSPS) is 9.85. The molecule has 0 saturated heterocycles. The van der Waals surface area contributed by atoms with E-state index in [4.69, 9.17) is 0 Å². The number of carbonyl (C=O) groups is 1. The molecule has 0 aliphatic rings. The van der Waals surface area contributed by atoms with Crippen molar-refractivity contribution in [3.8, 4) is 0 Å². The Bertz CT molecular complexity index is 331. The molecule has 0 heterocycles. The van der Waals surface area contributed by atoms with E-state index >= 15 is 0 Å². The standard InChI is InChI=1S/C8H6BrFO2S/c1-12-8(11)4-2-5(10)7(9)6(13)3-4/h2-3,13H,1H3. The van der Waals surface area contributed by atoms with E-state index in [1.54, 1.807) is 0 Å². The molecule has 0 unspecified atom stereocenters. The summed E-state index contributed by atoms with van der Waals surface area (Å²) in [4.78, 5) is 11.4. The number of benzene rings is 1. The van der Waals surface area contributed by atoms with E-state index in [1.807, 2.05) is 0 Å². The van der Waals surface area contributed by atoms with Crippen molar-refractivity contribution in [1.82, 2.24) is 0 Å². The predicted molar refractivity (Wildman–Crippen MR) is 52.7 cm³/mol. The molecule has 0 radical (unpaired) electrons. The molecule has 70 valence electrons. The average Bonchev–Trinajstić information content (AvgIpc) is 2.12. The van der Waals surface area contributed by atoms with Crippen molar-refractivity contribution < 1.29 is 13.9 Å². The molecule has 2 nitrogen and oxygen atoms in total. The van der Waals surface area contributed by atoms with Gasteiger partial charge in [0.2, 0.25) is 0 Å². The first kappa shape index (κ1) is 10.5. The number of esters is 1. The molecule has 1 aromatic carbocycles. The summed E-state index contributed by atoms with van der Waals surface area (Å²) in [7, 11) is 1.24. The maximum absolute atomic E-state index is 13.0. The van der Waals surface area contributed by atoms with Crippen LogP contribution >= 0.6 is 28.6 Å². The van der Waals surface area contributed by atoms with Crippen LogP contribution in [0.1, 0.15) is 10.4 Å². The Kier molecular flexibility index (Phi) is 3.33. The van der Waals surface area contributed by atoms with Gasteiger partial charge in [0.25, 0.3) is 0 Å². The third kappa shape index (κ3) is 2.22. The second-order valence-corrected chi connectivity index (χ2v) is 3.56. The van der Waals surface area contributed by atoms with Crippen LogP contribution < -0.4 is 0 Å². The SMILES string of the molecule is COC(=O)c1cc(F)c(Br)c(S)c1. The van der Waals surface area contributed by atoms with E-state index in [1.165, 1.54) is 13.2 Å². The smallest absolute Gasteiger partial charge is 0.337 e. The van der Waals surface area contributed by atoms with Crippen molar-refractivity contribution in [2.45, 2.75) is 4.90 Å². The summed E-state index contributed by atoms with van der Waals surface area (Å²) in [5.41, 5.74) is 0.146. The minimum absolute atomic E-state index is 0.146. The maximum atomic E-state index is 13.0. The lowest BCUT2D eigenvalue weighted by Crippen LogP contribution is -2.02. The molecule has 1 aromatic rings. The number of ether oxygens (including phenoxy) is 1. The molecule has 0 saturated carbocycles. The molecule has 0 N–H and O–H groups in total. The van der Waals surface area contributed by atoms with Gasteiger partial charge in [-0.15, -0.1) is 12.6 Å². The van der Waals surface area contributed by atoms with Crippen LogP contribution in [0.4, 0.5) is 4.39 Å². The van der Waals surface area contributed by atoms with Gasteiger partial charge >= 0.3 is 5.97 Å². The quantitative estimate of drug-likeness (QED) is 0.624. The van der Waals surface area contributed by atoms with Gasteiger partial charge in [-0.25, -0.2) is 9.18 Å². The van der Waals surface area contributed by atoms with Gasteiger partial charge in [-0.05, 0) is 28.1 Å². The summed E-state index contributed by atoms with van der Waals surface area (Å²) in [6.07, 6.45) is 0. The Balaban J connectivity index is 3.20. The number of methoxy groups -OCH3 is 1. The van der Waals surface area contributed by atoms with Crippen LogP contribution in [0.3, 0.4) is 0 Å². The zero-order valence-corrected chi connectivity index (χ0v) is 9.15. The van der Waals surface area contributed by atoms with Crippen molar-refractivity contribution in [2.75, 3.05) is 7.11 Å². The number of rotatable bonds is 1. The summed E-state index contributed by atoms with van der Waals surface area (Å²) in [6.45, 7) is 0. The lowest BCUT2D eigenvalue weighted by atomic mass is 10.2. The maximum Gasteiger partial charge on any atom is 0.337 e. The second kappa shape index (κ2) is 4.11. The Morgan fingerprint density at radius 1 is 1.62 bits per heavy atom. The molecule has 0 aromatic heterocycles. The number of thiol groups is 1. The number of hydrogen-bond donors (Lipinski definition) is 1. The van der Waals surface area contributed by atoms with Gasteiger partial charge in [-0.3, -0.25) is 0 Å². The first-order valence-corrected chi connectivity index (χ1v) is 4.56. The van der Waals surface area contributed by atoms with E-state index in [0.717, 1.165) is 6.07 Å². The third-order valence-corrected chi connectivity index (χ3v) is 2.90. The molecule has 13 heavy (non-hydrogen) atoms. The zero-order chi connectivity index (χ0) is 10.0. The van der Waals surface area contributed by atoms with Crippen molar-refractivity contribution in [1.29, 1.82) is 0 Å². The predicted octanol–water partition coefficient (Wildman–Crippen LogP) is 2.66. The van der Waals surface area contributed by atoms with E-state index < -0.39 is 11.8 Å². The molecule has 1 rings (SSSR count). The Hall–Kier alpha value is -0.550. The van der Waals surface area contributed by atoms with Gasteiger partial charge in [0, 0.05) is 4.90 Å². The van der Waals surface area contributed by atoms with E-state index in [0.29, 0.717) is 4.90 Å². The second-order valence-electron chi connectivity index (χ2n) is 2.28. The highest BCUT2D eigenvalue weighted by atomic mass is 79.9. The Morgan fingerprint density at radius 2 is 2.23 bits per heavy atom. The molecule has 0 bridgehead atoms. The van der Waals surface area contributed by atoms with Gasteiger partial charge < -0.3 is 4.74 Å². The molecule has 0 atom stereocenters. The summed E-state index contributed by atoms with van der Waals surface area (Å²) < 4.78 is 17.7. The highest BCUT2D eigenvalue weighted by Gasteiger charge is 2.11. The van der Waals surface area contributed by atoms with Gasteiger partial charge in [0.1, 0.15) is 5.82 Å². The molecule has 0 amide bonds. The van der Waals surface area contributed by atoms with Gasteiger partial charge in [0.15, 0.2) is 0 Å². The van der Waals surface area contributed by atoms with Crippen LogP contribution in [0.25, 0.3) is 0 Å². The molecule has 0 aliphatic heterocycles. The summed E-state index contributed by atoms with van der Waals surface area (Å²) in [5.74, 6) is -1.12. The topological polar surface area (TPSA) is 26.3 Å². The van der Waals surface area contributed by atoms with Crippen LogP contribution in [0, 0.1) is 5.82 Å². The minimum Gasteiger partial charge on any atom is -0.465 e. The fourth-order valence-corrected chi connectivity index (χ4v) is 1.29. The third-order valence-electron chi connectivity index (χ3n) is 1.43. The van der Waals surface area contributed by atoms with Crippen molar-refractivity contribution in [3.63, 3.8) is 0 Å². The summed E-state index contributed by atoms with van der Waals surface area (Å²) in [5, 5.41) is 0. The van der Waals surface area contributed by atoms with Gasteiger partial charge in [0.05, 0.1) is 17.1 Å². The lowest BCUT2D eigenvalue weighted by Gasteiger charge is -2.02. The highest BCUT2D eigenvalue weighted by Crippen LogP contribution is 2.25. The first-order chi connectivity index (χ1) is 6.06. The molecular formula is C8H6BrFO2S. The first-order valence-electron chi connectivity index (χ1n) is 3.32. The van der Waals surface area contributed by atoms with Crippen molar-refractivity contribution >= 4 is 34.5 Å². The molecule has 0 aliphatic carbocycles. The van der Waals surface area contributed by atoms with E-state index in [9.17, 15) is 9.18 Å². The van der Waals surface area contributed by atoms with Crippen LogP contribution in [0.5, 0.6) is 0 Å². The van der Waals surface area contributed by atoms with Crippen molar-refractivity contribution in [2.24, 2.45) is 0 Å².